The molecular formula is C12H20O8S. The van der Waals surface area contributed by atoms with Crippen LogP contribution in [0.3, 0.4) is 0 Å². The van der Waals surface area contributed by atoms with Crippen molar-refractivity contribution in [2.24, 2.45) is 11.8 Å². The Morgan fingerprint density at radius 3 is 2.57 bits per heavy atom. The lowest BCUT2D eigenvalue weighted by atomic mass is 9.90. The molecule has 4 atom stereocenters. The first-order valence-corrected chi connectivity index (χ1v) is 8.08. The van der Waals surface area contributed by atoms with E-state index < -0.39 is 52.3 Å². The minimum atomic E-state index is -4.59. The largest absolute Gasteiger partial charge is 0.466 e. The van der Waals surface area contributed by atoms with Crippen molar-refractivity contribution < 1.29 is 37.5 Å². The van der Waals surface area contributed by atoms with Crippen molar-refractivity contribution in [1.29, 1.82) is 0 Å². The zero-order valence-electron chi connectivity index (χ0n) is 11.6. The highest BCUT2D eigenvalue weighted by molar-refractivity contribution is 7.86. The van der Waals surface area contributed by atoms with Crippen molar-refractivity contribution in [2.75, 3.05) is 13.2 Å². The molecule has 8 nitrogen and oxygen atoms in total. The number of aliphatic hydroxyl groups excluding tert-OH is 2. The minimum absolute atomic E-state index is 0.118. The Morgan fingerprint density at radius 1 is 1.48 bits per heavy atom. The summed E-state index contributed by atoms with van der Waals surface area (Å²) in [4.78, 5) is 22.8. The van der Waals surface area contributed by atoms with Gasteiger partial charge in [-0.2, -0.15) is 8.42 Å². The van der Waals surface area contributed by atoms with Gasteiger partial charge >= 0.3 is 5.97 Å². The number of carbonyl (C=O) groups excluding carboxylic acids is 2. The molecule has 0 bridgehead atoms. The quantitative estimate of drug-likeness (QED) is 0.406. The number of esters is 1. The van der Waals surface area contributed by atoms with Gasteiger partial charge in [0.2, 0.25) is 0 Å². The van der Waals surface area contributed by atoms with Crippen LogP contribution in [0, 0.1) is 11.8 Å². The monoisotopic (exact) mass is 324 g/mol. The van der Waals surface area contributed by atoms with Crippen molar-refractivity contribution in [2.45, 2.75) is 37.5 Å². The van der Waals surface area contributed by atoms with Crippen LogP contribution in [0.4, 0.5) is 0 Å². The van der Waals surface area contributed by atoms with Crippen molar-refractivity contribution >= 4 is 21.9 Å². The molecule has 1 aliphatic rings. The molecule has 1 fully saturated rings. The molecule has 0 aromatic carbocycles. The summed E-state index contributed by atoms with van der Waals surface area (Å²) in [6.45, 7) is 0.399. The van der Waals surface area contributed by atoms with E-state index in [1.807, 2.05) is 0 Å². The first-order valence-electron chi connectivity index (χ1n) is 6.58. The summed E-state index contributed by atoms with van der Waals surface area (Å²) < 4.78 is 37.1. The summed E-state index contributed by atoms with van der Waals surface area (Å²) in [5, 5.41) is 16.7. The van der Waals surface area contributed by atoms with Gasteiger partial charge in [-0.1, -0.05) is 0 Å². The van der Waals surface area contributed by atoms with Crippen molar-refractivity contribution in [3.8, 4) is 0 Å². The van der Waals surface area contributed by atoms with Crippen LogP contribution in [0.5, 0.6) is 0 Å². The maximum absolute atomic E-state index is 11.9. The highest BCUT2D eigenvalue weighted by Crippen LogP contribution is 2.36. The van der Waals surface area contributed by atoms with Crippen molar-refractivity contribution in [3.63, 3.8) is 0 Å². The molecule has 0 radical (unpaired) electrons. The molecule has 0 aromatic rings. The van der Waals surface area contributed by atoms with Gasteiger partial charge < -0.3 is 14.9 Å². The SMILES string of the molecule is CC(=O)OCC1CCC(=O)C1C(CC(O)CO)S(=O)(=O)O. The van der Waals surface area contributed by atoms with Gasteiger partial charge in [0.15, 0.2) is 0 Å². The van der Waals surface area contributed by atoms with E-state index in [2.05, 4.69) is 0 Å². The molecular weight excluding hydrogens is 304 g/mol. The molecule has 1 rings (SSSR count). The number of aliphatic hydroxyl groups is 2. The minimum Gasteiger partial charge on any atom is -0.466 e. The summed E-state index contributed by atoms with van der Waals surface area (Å²) in [7, 11) is -4.59. The molecule has 21 heavy (non-hydrogen) atoms. The van der Waals surface area contributed by atoms with Crippen LogP contribution in [0.15, 0.2) is 0 Å². The molecule has 0 heterocycles. The van der Waals surface area contributed by atoms with E-state index in [9.17, 15) is 27.7 Å². The zero-order chi connectivity index (χ0) is 16.2. The second-order valence-corrected chi connectivity index (χ2v) is 6.85. The fraction of sp³-hybridized carbons (Fsp3) is 0.833. The van der Waals surface area contributed by atoms with Crippen molar-refractivity contribution in [3.05, 3.63) is 0 Å². The van der Waals surface area contributed by atoms with Crippen molar-refractivity contribution in [1.82, 2.24) is 0 Å². The second kappa shape index (κ2) is 7.30. The number of rotatable bonds is 7. The topological polar surface area (TPSA) is 138 Å². The lowest BCUT2D eigenvalue weighted by Gasteiger charge is -2.26. The predicted octanol–water partition coefficient (Wildman–Crippen LogP) is -0.855. The second-order valence-electron chi connectivity index (χ2n) is 5.22. The van der Waals surface area contributed by atoms with E-state index in [1.165, 1.54) is 6.92 Å². The molecule has 122 valence electrons. The zero-order valence-corrected chi connectivity index (χ0v) is 12.5. The maximum Gasteiger partial charge on any atom is 0.302 e. The van der Waals surface area contributed by atoms with Gasteiger partial charge in [0.25, 0.3) is 10.1 Å². The molecule has 0 amide bonds. The molecule has 3 N–H and O–H groups in total. The first-order chi connectivity index (χ1) is 9.66. The van der Waals surface area contributed by atoms with E-state index in [0.717, 1.165) is 0 Å². The van der Waals surface area contributed by atoms with Crippen LogP contribution in [0.1, 0.15) is 26.2 Å². The lowest BCUT2D eigenvalue weighted by molar-refractivity contribution is -0.143. The van der Waals surface area contributed by atoms with Crippen LogP contribution in [0.2, 0.25) is 0 Å². The van der Waals surface area contributed by atoms with E-state index in [-0.39, 0.29) is 18.8 Å². The molecule has 1 aliphatic carbocycles. The molecule has 9 heteroatoms. The summed E-state index contributed by atoms with van der Waals surface area (Å²) in [5.74, 6) is -2.49. The van der Waals surface area contributed by atoms with Crippen LogP contribution in [0.25, 0.3) is 0 Å². The number of Topliss-reactive ketones (excluding diaryl/α,β-unsaturated/α-hetero) is 1. The van der Waals surface area contributed by atoms with E-state index in [1.54, 1.807) is 0 Å². The lowest BCUT2D eigenvalue weighted by Crippen LogP contribution is -2.40. The van der Waals surface area contributed by atoms with E-state index >= 15 is 0 Å². The Kier molecular flexibility index (Phi) is 6.26. The van der Waals surface area contributed by atoms with E-state index in [0.29, 0.717) is 6.42 Å². The summed E-state index contributed by atoms with van der Waals surface area (Å²) in [5.41, 5.74) is 0. The maximum atomic E-state index is 11.9. The molecule has 4 unspecified atom stereocenters. The normalized spacial score (nSPS) is 25.6. The number of carbonyl (C=O) groups is 2. The van der Waals surface area contributed by atoms with Gasteiger partial charge in [0.05, 0.1) is 24.6 Å². The Labute approximate surface area is 122 Å². The third kappa shape index (κ3) is 5.03. The van der Waals surface area contributed by atoms with Gasteiger partial charge in [-0.15, -0.1) is 0 Å². The fourth-order valence-corrected chi connectivity index (χ4v) is 3.87. The summed E-state index contributed by atoms with van der Waals surface area (Å²) in [6, 6.07) is 0. The number of ether oxygens (including phenoxy) is 1. The highest BCUT2D eigenvalue weighted by atomic mass is 32.2. The van der Waals surface area contributed by atoms with Gasteiger partial charge in [0, 0.05) is 25.2 Å². The van der Waals surface area contributed by atoms with Gasteiger partial charge in [-0.25, -0.2) is 0 Å². The number of hydrogen-bond donors (Lipinski definition) is 3. The molecule has 0 spiro atoms. The van der Waals surface area contributed by atoms with Crippen LogP contribution >= 0.6 is 0 Å². The third-order valence-corrected chi connectivity index (χ3v) is 4.89. The summed E-state index contributed by atoms with van der Waals surface area (Å²) in [6.07, 6.45) is -1.35. The third-order valence-electron chi connectivity index (χ3n) is 3.64. The molecule has 0 saturated heterocycles. The Morgan fingerprint density at radius 2 is 2.10 bits per heavy atom. The average Bonchev–Trinajstić information content (AvgIpc) is 2.73. The fourth-order valence-electron chi connectivity index (χ4n) is 2.66. The van der Waals surface area contributed by atoms with Crippen LogP contribution < -0.4 is 0 Å². The van der Waals surface area contributed by atoms with Crippen LogP contribution in [-0.2, 0) is 24.4 Å². The first kappa shape index (κ1) is 18.0. The number of ketones is 1. The smallest absolute Gasteiger partial charge is 0.302 e. The Balaban J connectivity index is 2.96. The summed E-state index contributed by atoms with van der Waals surface area (Å²) >= 11 is 0. The van der Waals surface area contributed by atoms with Gasteiger partial charge in [0.1, 0.15) is 5.78 Å². The predicted molar refractivity (Wildman–Crippen MR) is 70.9 cm³/mol. The van der Waals surface area contributed by atoms with Crippen LogP contribution in [-0.4, -0.2) is 59.5 Å². The Bertz CT molecular complexity index is 485. The standard InChI is InChI=1S/C12H20O8S/c1-7(14)20-6-8-2-3-10(16)12(8)11(21(17,18)19)4-9(15)5-13/h8-9,11-13,15H,2-6H2,1H3,(H,17,18,19). The van der Waals surface area contributed by atoms with Gasteiger partial charge in [-0.05, 0) is 12.8 Å². The molecule has 1 saturated carbocycles. The van der Waals surface area contributed by atoms with E-state index in [4.69, 9.17) is 9.84 Å². The van der Waals surface area contributed by atoms with Gasteiger partial charge in [-0.3, -0.25) is 14.1 Å². The average molecular weight is 324 g/mol. The molecule has 0 aromatic heterocycles. The Hall–Kier alpha value is -1.03. The number of hydrogen-bond acceptors (Lipinski definition) is 7. The molecule has 0 aliphatic heterocycles. The highest BCUT2D eigenvalue weighted by Gasteiger charge is 2.46.